The third-order valence-electron chi connectivity index (χ3n) is 2.52. The standard InChI is InChI=1S/C11H14BrNO2/c1-6(2)9-7(4-13)3-8(12)10-11(9)15-5-14-10/h3,6H,4-5,13H2,1-2H3. The highest BCUT2D eigenvalue weighted by Crippen LogP contribution is 2.46. The maximum absolute atomic E-state index is 5.73. The lowest BCUT2D eigenvalue weighted by molar-refractivity contribution is 0.172. The second kappa shape index (κ2) is 4.02. The number of fused-ring (bicyclic) bond motifs is 1. The molecule has 2 N–H and O–H groups in total. The summed E-state index contributed by atoms with van der Waals surface area (Å²) >= 11 is 3.46. The third-order valence-corrected chi connectivity index (χ3v) is 3.11. The Balaban J connectivity index is 2.65. The Morgan fingerprint density at radius 2 is 2.07 bits per heavy atom. The molecule has 15 heavy (non-hydrogen) atoms. The molecule has 0 fully saturated rings. The van der Waals surface area contributed by atoms with Crippen molar-refractivity contribution in [1.29, 1.82) is 0 Å². The van der Waals surface area contributed by atoms with Crippen molar-refractivity contribution < 1.29 is 9.47 Å². The molecule has 1 aromatic rings. The average Bonchev–Trinajstić information content (AvgIpc) is 2.65. The van der Waals surface area contributed by atoms with Gasteiger partial charge in [-0.2, -0.15) is 0 Å². The molecule has 0 saturated heterocycles. The predicted octanol–water partition coefficient (Wildman–Crippen LogP) is 2.76. The van der Waals surface area contributed by atoms with Crippen LogP contribution in [0.3, 0.4) is 0 Å². The van der Waals surface area contributed by atoms with Gasteiger partial charge in [0.05, 0.1) is 4.47 Å². The lowest BCUT2D eigenvalue weighted by atomic mass is 9.95. The molecule has 0 amide bonds. The number of hydrogen-bond donors (Lipinski definition) is 1. The highest BCUT2D eigenvalue weighted by Gasteiger charge is 2.25. The van der Waals surface area contributed by atoms with Gasteiger partial charge in [0.1, 0.15) is 0 Å². The van der Waals surface area contributed by atoms with Crippen molar-refractivity contribution >= 4 is 15.9 Å². The zero-order valence-corrected chi connectivity index (χ0v) is 10.4. The fraction of sp³-hybridized carbons (Fsp3) is 0.455. The maximum atomic E-state index is 5.73. The summed E-state index contributed by atoms with van der Waals surface area (Å²) in [5.41, 5.74) is 8.01. The van der Waals surface area contributed by atoms with Crippen molar-refractivity contribution in [3.05, 3.63) is 21.7 Å². The van der Waals surface area contributed by atoms with E-state index in [4.69, 9.17) is 15.2 Å². The van der Waals surface area contributed by atoms with Gasteiger partial charge in [-0.05, 0) is 33.5 Å². The molecule has 0 atom stereocenters. The van der Waals surface area contributed by atoms with Crippen molar-refractivity contribution in [2.24, 2.45) is 5.73 Å². The summed E-state index contributed by atoms with van der Waals surface area (Å²) in [6, 6.07) is 2.02. The molecule has 82 valence electrons. The number of benzene rings is 1. The molecule has 0 spiro atoms. The molecule has 0 aliphatic carbocycles. The van der Waals surface area contributed by atoms with Crippen LogP contribution in [0.5, 0.6) is 11.5 Å². The Labute approximate surface area is 97.7 Å². The highest BCUT2D eigenvalue weighted by atomic mass is 79.9. The second-order valence-corrected chi connectivity index (χ2v) is 4.71. The predicted molar refractivity (Wildman–Crippen MR) is 62.2 cm³/mol. The normalized spacial score (nSPS) is 13.7. The van der Waals surface area contributed by atoms with Crippen LogP contribution in [-0.2, 0) is 6.54 Å². The minimum absolute atomic E-state index is 0.293. The number of halogens is 1. The van der Waals surface area contributed by atoms with Crippen molar-refractivity contribution in [3.8, 4) is 11.5 Å². The van der Waals surface area contributed by atoms with Gasteiger partial charge in [-0.15, -0.1) is 0 Å². The molecule has 0 aromatic heterocycles. The number of rotatable bonds is 2. The first-order valence-corrected chi connectivity index (χ1v) is 5.75. The van der Waals surface area contributed by atoms with E-state index in [1.54, 1.807) is 0 Å². The third kappa shape index (κ3) is 1.72. The zero-order chi connectivity index (χ0) is 11.0. The summed E-state index contributed by atoms with van der Waals surface area (Å²) < 4.78 is 11.8. The van der Waals surface area contributed by atoms with Gasteiger partial charge in [0.25, 0.3) is 0 Å². The van der Waals surface area contributed by atoms with Crippen molar-refractivity contribution in [3.63, 3.8) is 0 Å². The largest absolute Gasteiger partial charge is 0.453 e. The molecule has 0 unspecified atom stereocenters. The van der Waals surface area contributed by atoms with Gasteiger partial charge in [-0.1, -0.05) is 13.8 Å². The first kappa shape index (κ1) is 10.8. The molecule has 2 rings (SSSR count). The van der Waals surface area contributed by atoms with E-state index >= 15 is 0 Å². The summed E-state index contributed by atoms with van der Waals surface area (Å²) in [5, 5.41) is 0. The molecular formula is C11H14BrNO2. The highest BCUT2D eigenvalue weighted by molar-refractivity contribution is 9.10. The summed E-state index contributed by atoms with van der Waals surface area (Å²) in [6.07, 6.45) is 0. The molecule has 3 nitrogen and oxygen atoms in total. The van der Waals surface area contributed by atoms with E-state index in [1.165, 1.54) is 0 Å². The number of ether oxygens (including phenoxy) is 2. The summed E-state index contributed by atoms with van der Waals surface area (Å²) in [6.45, 7) is 5.07. The van der Waals surface area contributed by atoms with E-state index in [9.17, 15) is 0 Å². The summed E-state index contributed by atoms with van der Waals surface area (Å²) in [7, 11) is 0. The van der Waals surface area contributed by atoms with E-state index < -0.39 is 0 Å². The van der Waals surface area contributed by atoms with Crippen LogP contribution in [0.4, 0.5) is 0 Å². The molecule has 0 saturated carbocycles. The molecular weight excluding hydrogens is 258 g/mol. The Morgan fingerprint density at radius 1 is 1.40 bits per heavy atom. The Kier molecular flexibility index (Phi) is 2.89. The minimum atomic E-state index is 0.293. The van der Waals surface area contributed by atoms with Crippen LogP contribution in [-0.4, -0.2) is 6.79 Å². The topological polar surface area (TPSA) is 44.5 Å². The maximum Gasteiger partial charge on any atom is 0.231 e. The SMILES string of the molecule is CC(C)c1c(CN)cc(Br)c2c1OCO2. The van der Waals surface area contributed by atoms with Crippen LogP contribution < -0.4 is 15.2 Å². The van der Waals surface area contributed by atoms with Gasteiger partial charge in [0, 0.05) is 12.1 Å². The van der Waals surface area contributed by atoms with Crippen LogP contribution in [0, 0.1) is 0 Å². The molecule has 1 aliphatic heterocycles. The van der Waals surface area contributed by atoms with E-state index in [0.29, 0.717) is 19.3 Å². The van der Waals surface area contributed by atoms with Gasteiger partial charge < -0.3 is 15.2 Å². The average molecular weight is 272 g/mol. The minimum Gasteiger partial charge on any atom is -0.453 e. The lowest BCUT2D eigenvalue weighted by Crippen LogP contribution is -2.04. The first-order chi connectivity index (χ1) is 7.15. The Hall–Kier alpha value is -0.740. The van der Waals surface area contributed by atoms with Crippen LogP contribution in [0.15, 0.2) is 10.5 Å². The quantitative estimate of drug-likeness (QED) is 0.900. The Bertz CT molecular complexity index is 391. The summed E-state index contributed by atoms with van der Waals surface area (Å²) in [5.74, 6) is 2.03. The van der Waals surface area contributed by atoms with Gasteiger partial charge in [0.2, 0.25) is 6.79 Å². The van der Waals surface area contributed by atoms with Crippen LogP contribution >= 0.6 is 15.9 Å². The van der Waals surface area contributed by atoms with E-state index in [0.717, 1.165) is 27.1 Å². The lowest BCUT2D eigenvalue weighted by Gasteiger charge is -2.15. The molecule has 0 bridgehead atoms. The second-order valence-electron chi connectivity index (χ2n) is 3.85. The number of hydrogen-bond acceptors (Lipinski definition) is 3. The summed E-state index contributed by atoms with van der Waals surface area (Å²) in [4.78, 5) is 0. The zero-order valence-electron chi connectivity index (χ0n) is 8.84. The van der Waals surface area contributed by atoms with E-state index in [2.05, 4.69) is 29.8 Å². The van der Waals surface area contributed by atoms with Gasteiger partial charge in [-0.3, -0.25) is 0 Å². The Morgan fingerprint density at radius 3 is 2.67 bits per heavy atom. The molecule has 1 heterocycles. The van der Waals surface area contributed by atoms with Crippen LogP contribution in [0.25, 0.3) is 0 Å². The fourth-order valence-electron chi connectivity index (χ4n) is 1.90. The first-order valence-electron chi connectivity index (χ1n) is 4.96. The van der Waals surface area contributed by atoms with E-state index in [-0.39, 0.29) is 0 Å². The fourth-order valence-corrected chi connectivity index (χ4v) is 2.47. The van der Waals surface area contributed by atoms with Crippen molar-refractivity contribution in [2.75, 3.05) is 6.79 Å². The van der Waals surface area contributed by atoms with E-state index in [1.807, 2.05) is 6.07 Å². The molecule has 4 heteroatoms. The molecule has 0 radical (unpaired) electrons. The molecule has 1 aliphatic rings. The van der Waals surface area contributed by atoms with Crippen LogP contribution in [0.1, 0.15) is 30.9 Å². The van der Waals surface area contributed by atoms with Crippen molar-refractivity contribution in [2.45, 2.75) is 26.3 Å². The smallest absolute Gasteiger partial charge is 0.231 e. The van der Waals surface area contributed by atoms with Crippen LogP contribution in [0.2, 0.25) is 0 Å². The van der Waals surface area contributed by atoms with Gasteiger partial charge in [0.15, 0.2) is 11.5 Å². The van der Waals surface area contributed by atoms with Gasteiger partial charge in [-0.25, -0.2) is 0 Å². The van der Waals surface area contributed by atoms with Gasteiger partial charge >= 0.3 is 0 Å². The number of nitrogens with two attached hydrogens (primary N) is 1. The van der Waals surface area contributed by atoms with Crippen molar-refractivity contribution in [1.82, 2.24) is 0 Å². The monoisotopic (exact) mass is 271 g/mol. The molecule has 1 aromatic carbocycles.